The van der Waals surface area contributed by atoms with E-state index in [1.54, 1.807) is 0 Å². The molecule has 2 aliphatic heterocycles. The Labute approximate surface area is 190 Å². The van der Waals surface area contributed by atoms with Crippen molar-refractivity contribution in [1.29, 1.82) is 0 Å². The number of aromatic nitrogens is 1. The molecule has 0 spiro atoms. The fourth-order valence-corrected chi connectivity index (χ4v) is 4.47. The standard InChI is InChI=1S/C16H19N5O7S2.ClH/c1-27-20-10(8-6-30-16(17)18-8)12(24)19-11-13(25)21-9(2-3-29-14(11)21)15(26)28-5-7(23)4-22;/h2,6-7,11,14,22-23H,3-5H2,1H3,(H2,17,18)(H,19,24);1H/t7?,11?,14-;/m0./s1. The summed E-state index contributed by atoms with van der Waals surface area (Å²) in [4.78, 5) is 47.4. The number of thiazole rings is 1. The highest BCUT2D eigenvalue weighted by atomic mass is 35.5. The van der Waals surface area contributed by atoms with Crippen LogP contribution in [0.4, 0.5) is 5.13 Å². The van der Waals surface area contributed by atoms with E-state index in [2.05, 4.69) is 15.5 Å². The van der Waals surface area contributed by atoms with E-state index < -0.39 is 48.5 Å². The number of carbonyl (C=O) groups is 3. The van der Waals surface area contributed by atoms with E-state index in [1.165, 1.54) is 35.2 Å². The number of aliphatic hydroxyl groups excluding tert-OH is 2. The number of nitrogens with zero attached hydrogens (tertiary/aromatic N) is 3. The first-order valence-corrected chi connectivity index (χ1v) is 10.5. The molecule has 15 heteroatoms. The summed E-state index contributed by atoms with van der Waals surface area (Å²) in [6, 6.07) is -0.889. The molecule has 2 unspecified atom stereocenters. The molecular weight excluding hydrogens is 474 g/mol. The van der Waals surface area contributed by atoms with Gasteiger partial charge in [-0.05, 0) is 6.08 Å². The maximum atomic E-state index is 12.7. The van der Waals surface area contributed by atoms with Gasteiger partial charge in [0, 0.05) is 11.1 Å². The van der Waals surface area contributed by atoms with Crippen molar-refractivity contribution in [1.82, 2.24) is 15.2 Å². The Morgan fingerprint density at radius 3 is 2.87 bits per heavy atom. The van der Waals surface area contributed by atoms with Crippen LogP contribution in [-0.4, -0.2) is 87.2 Å². The van der Waals surface area contributed by atoms with Crippen LogP contribution in [0.3, 0.4) is 0 Å². The van der Waals surface area contributed by atoms with Crippen molar-refractivity contribution in [3.8, 4) is 0 Å². The lowest BCUT2D eigenvalue weighted by Crippen LogP contribution is -2.70. The van der Waals surface area contributed by atoms with Crippen LogP contribution in [0.15, 0.2) is 22.3 Å². The number of esters is 1. The molecule has 1 fully saturated rings. The summed E-state index contributed by atoms with van der Waals surface area (Å²) >= 11 is 2.48. The van der Waals surface area contributed by atoms with Crippen LogP contribution in [0.1, 0.15) is 5.69 Å². The lowest BCUT2D eigenvalue weighted by atomic mass is 10.0. The first-order chi connectivity index (χ1) is 14.4. The third-order valence-electron chi connectivity index (χ3n) is 4.12. The van der Waals surface area contributed by atoms with Gasteiger partial charge < -0.3 is 30.8 Å². The minimum atomic E-state index is -1.21. The van der Waals surface area contributed by atoms with Crippen molar-refractivity contribution in [2.45, 2.75) is 17.5 Å². The van der Waals surface area contributed by atoms with Gasteiger partial charge in [-0.2, -0.15) is 0 Å². The molecule has 3 heterocycles. The lowest BCUT2D eigenvalue weighted by Gasteiger charge is -2.48. The number of anilines is 1. The fourth-order valence-electron chi connectivity index (χ4n) is 2.73. The molecule has 0 radical (unpaired) electrons. The number of oxime groups is 1. The number of fused-ring (bicyclic) bond motifs is 1. The monoisotopic (exact) mass is 493 g/mol. The summed E-state index contributed by atoms with van der Waals surface area (Å²) in [6.45, 7) is -0.960. The van der Waals surface area contributed by atoms with Gasteiger partial charge >= 0.3 is 5.97 Å². The molecule has 0 bridgehead atoms. The average Bonchev–Trinajstić information content (AvgIpc) is 3.18. The van der Waals surface area contributed by atoms with Crippen molar-refractivity contribution in [3.63, 3.8) is 0 Å². The minimum absolute atomic E-state index is 0. The number of hydrogen-bond donors (Lipinski definition) is 4. The van der Waals surface area contributed by atoms with E-state index in [9.17, 15) is 19.5 Å². The fraction of sp³-hybridized carbons (Fsp3) is 0.438. The molecule has 31 heavy (non-hydrogen) atoms. The Balaban J connectivity index is 0.00000341. The quantitative estimate of drug-likeness (QED) is 0.147. The van der Waals surface area contributed by atoms with Crippen molar-refractivity contribution in [2.75, 3.05) is 31.8 Å². The van der Waals surface area contributed by atoms with Crippen LogP contribution >= 0.6 is 35.5 Å². The van der Waals surface area contributed by atoms with Crippen LogP contribution in [0.2, 0.25) is 0 Å². The molecule has 1 saturated heterocycles. The van der Waals surface area contributed by atoms with Crippen LogP contribution < -0.4 is 11.1 Å². The van der Waals surface area contributed by atoms with Gasteiger partial charge in [-0.25, -0.2) is 9.78 Å². The van der Waals surface area contributed by atoms with E-state index in [1.807, 2.05) is 0 Å². The molecule has 1 aromatic rings. The van der Waals surface area contributed by atoms with Gasteiger partial charge in [-0.3, -0.25) is 14.5 Å². The summed E-state index contributed by atoms with van der Waals surface area (Å²) < 4.78 is 4.92. The summed E-state index contributed by atoms with van der Waals surface area (Å²) in [6.07, 6.45) is 0.321. The molecular formula is C16H20ClN5O7S2. The molecule has 3 rings (SSSR count). The number of nitrogen functional groups attached to an aromatic ring is 1. The molecule has 5 N–H and O–H groups in total. The molecule has 2 amide bonds. The summed E-state index contributed by atoms with van der Waals surface area (Å²) in [5.74, 6) is -1.56. The van der Waals surface area contributed by atoms with Crippen molar-refractivity contribution in [2.24, 2.45) is 5.16 Å². The minimum Gasteiger partial charge on any atom is -0.458 e. The number of rotatable bonds is 8. The topological polar surface area (TPSA) is 177 Å². The maximum absolute atomic E-state index is 12.7. The Bertz CT molecular complexity index is 909. The number of β-lactam (4-membered cyclic amide) rings is 1. The van der Waals surface area contributed by atoms with Crippen molar-refractivity contribution < 1.29 is 34.2 Å². The molecule has 1 aromatic heterocycles. The Morgan fingerprint density at radius 2 is 2.26 bits per heavy atom. The number of aliphatic hydroxyl groups is 2. The second-order valence-electron chi connectivity index (χ2n) is 6.10. The molecule has 12 nitrogen and oxygen atoms in total. The van der Waals surface area contributed by atoms with Gasteiger partial charge in [0.2, 0.25) is 0 Å². The third-order valence-corrected chi connectivity index (χ3v) is 5.98. The largest absolute Gasteiger partial charge is 0.458 e. The van der Waals surface area contributed by atoms with E-state index in [-0.39, 0.29) is 34.6 Å². The number of carbonyl (C=O) groups excluding carboxylic acids is 3. The van der Waals surface area contributed by atoms with Crippen LogP contribution in [0.25, 0.3) is 0 Å². The van der Waals surface area contributed by atoms with Gasteiger partial charge in [-0.1, -0.05) is 5.16 Å². The summed E-state index contributed by atoms with van der Waals surface area (Å²) in [5, 5.41) is 25.6. The van der Waals surface area contributed by atoms with Crippen LogP contribution in [-0.2, 0) is 24.0 Å². The van der Waals surface area contributed by atoms with Gasteiger partial charge in [0.15, 0.2) is 10.8 Å². The second kappa shape index (κ2) is 10.8. The van der Waals surface area contributed by atoms with E-state index >= 15 is 0 Å². The van der Waals surface area contributed by atoms with E-state index in [0.717, 1.165) is 11.3 Å². The highest BCUT2D eigenvalue weighted by molar-refractivity contribution is 8.00. The zero-order chi connectivity index (χ0) is 21.8. The Morgan fingerprint density at radius 1 is 1.52 bits per heavy atom. The molecule has 0 aliphatic carbocycles. The van der Waals surface area contributed by atoms with Crippen molar-refractivity contribution >= 4 is 64.1 Å². The number of amides is 2. The predicted molar refractivity (Wildman–Crippen MR) is 114 cm³/mol. The van der Waals surface area contributed by atoms with Gasteiger partial charge in [-0.15, -0.1) is 35.5 Å². The van der Waals surface area contributed by atoms with Gasteiger partial charge in [0.1, 0.15) is 42.6 Å². The molecule has 2 aliphatic rings. The lowest BCUT2D eigenvalue weighted by molar-refractivity contribution is -0.154. The highest BCUT2D eigenvalue weighted by Gasteiger charge is 2.53. The Hall–Kier alpha value is -2.39. The van der Waals surface area contributed by atoms with E-state index in [4.69, 9.17) is 20.4 Å². The first kappa shape index (κ1) is 24.9. The van der Waals surface area contributed by atoms with Gasteiger partial charge in [0.25, 0.3) is 11.8 Å². The van der Waals surface area contributed by atoms with Crippen LogP contribution in [0.5, 0.6) is 0 Å². The highest BCUT2D eigenvalue weighted by Crippen LogP contribution is 2.37. The summed E-state index contributed by atoms with van der Waals surface area (Å²) in [7, 11) is 1.27. The number of halogens is 1. The SMILES string of the molecule is CON=C(C(=O)NC1C(=O)N2C(C(=O)OCC(O)CO)=CCS[C@@H]12)c1csc(N)n1.Cl. The molecule has 0 aromatic carbocycles. The zero-order valence-corrected chi connectivity index (χ0v) is 18.5. The van der Waals surface area contributed by atoms with Crippen LogP contribution in [0, 0.1) is 0 Å². The molecule has 3 atom stereocenters. The smallest absolute Gasteiger partial charge is 0.354 e. The Kier molecular flexibility index (Phi) is 8.64. The number of nitrogens with one attached hydrogen (secondary N) is 1. The summed E-state index contributed by atoms with van der Waals surface area (Å²) in [5.41, 5.74) is 5.70. The normalized spacial score (nSPS) is 21.1. The molecule has 170 valence electrons. The number of nitrogens with two attached hydrogens (primary N) is 1. The maximum Gasteiger partial charge on any atom is 0.354 e. The third kappa shape index (κ3) is 5.27. The molecule has 0 saturated carbocycles. The number of hydrogen-bond acceptors (Lipinski definition) is 12. The predicted octanol–water partition coefficient (Wildman–Crippen LogP) is -1.32. The van der Waals surface area contributed by atoms with Gasteiger partial charge in [0.05, 0.1) is 6.61 Å². The number of thioether (sulfide) groups is 1. The second-order valence-corrected chi connectivity index (χ2v) is 8.14. The average molecular weight is 494 g/mol. The van der Waals surface area contributed by atoms with Crippen molar-refractivity contribution in [3.05, 3.63) is 22.8 Å². The zero-order valence-electron chi connectivity index (χ0n) is 16.1. The first-order valence-electron chi connectivity index (χ1n) is 8.61. The number of ether oxygens (including phenoxy) is 1. The van der Waals surface area contributed by atoms with E-state index in [0.29, 0.717) is 5.75 Å².